The van der Waals surface area contributed by atoms with Crippen molar-refractivity contribution in [1.82, 2.24) is 9.80 Å². The van der Waals surface area contributed by atoms with Gasteiger partial charge >= 0.3 is 0 Å². The highest BCUT2D eigenvalue weighted by Crippen LogP contribution is 2.22. The highest BCUT2D eigenvalue weighted by atomic mass is 19.1. The van der Waals surface area contributed by atoms with Gasteiger partial charge in [-0.25, -0.2) is 8.78 Å². The van der Waals surface area contributed by atoms with Gasteiger partial charge in [0.15, 0.2) is 0 Å². The summed E-state index contributed by atoms with van der Waals surface area (Å²) in [6.07, 6.45) is -0.519. The third-order valence-corrected chi connectivity index (χ3v) is 4.15. The first-order valence-corrected chi connectivity index (χ1v) is 7.60. The number of aliphatic hydroxyl groups is 1. The molecule has 2 unspecified atom stereocenters. The van der Waals surface area contributed by atoms with Crippen molar-refractivity contribution in [3.8, 4) is 0 Å². The zero-order chi connectivity index (χ0) is 16.1. The minimum absolute atomic E-state index is 0.236. The first kappa shape index (κ1) is 17.3. The molecule has 1 fully saturated rings. The van der Waals surface area contributed by atoms with E-state index in [1.165, 1.54) is 12.1 Å². The van der Waals surface area contributed by atoms with Crippen LogP contribution in [0, 0.1) is 11.6 Å². The number of likely N-dealkylation sites (N-methyl/N-ethyl adjacent to an activating group) is 1. The van der Waals surface area contributed by atoms with Crippen LogP contribution in [0.25, 0.3) is 0 Å². The maximum Gasteiger partial charge on any atom is 0.130 e. The fourth-order valence-corrected chi connectivity index (χ4v) is 2.71. The number of benzene rings is 1. The predicted octanol–water partition coefficient (Wildman–Crippen LogP) is 1.65. The molecule has 124 valence electrons. The second-order valence-electron chi connectivity index (χ2n) is 5.85. The highest BCUT2D eigenvalue weighted by molar-refractivity contribution is 5.21. The van der Waals surface area contributed by atoms with E-state index in [9.17, 15) is 13.9 Å². The van der Waals surface area contributed by atoms with Crippen LogP contribution in [0.5, 0.6) is 0 Å². The van der Waals surface area contributed by atoms with Crippen molar-refractivity contribution < 1.29 is 18.6 Å². The number of rotatable bonds is 6. The molecule has 4 nitrogen and oxygen atoms in total. The van der Waals surface area contributed by atoms with Gasteiger partial charge in [-0.1, -0.05) is 6.07 Å². The van der Waals surface area contributed by atoms with Crippen LogP contribution < -0.4 is 0 Å². The van der Waals surface area contributed by atoms with Crippen molar-refractivity contribution in [2.24, 2.45) is 0 Å². The summed E-state index contributed by atoms with van der Waals surface area (Å²) in [6.45, 7) is 5.88. The van der Waals surface area contributed by atoms with Crippen LogP contribution in [0.4, 0.5) is 8.78 Å². The van der Waals surface area contributed by atoms with Gasteiger partial charge in [0, 0.05) is 43.9 Å². The van der Waals surface area contributed by atoms with Crippen LogP contribution in [0.1, 0.15) is 18.5 Å². The van der Waals surface area contributed by atoms with E-state index < -0.39 is 17.7 Å². The topological polar surface area (TPSA) is 35.9 Å². The number of β-amino-alcohol motifs (C(OH)–C–C–N with tert-alkyl or cyclic N) is 1. The summed E-state index contributed by atoms with van der Waals surface area (Å²) in [5, 5.41) is 10.2. The lowest BCUT2D eigenvalue weighted by atomic mass is 10.1. The van der Waals surface area contributed by atoms with Crippen molar-refractivity contribution in [2.45, 2.75) is 19.1 Å². The second kappa shape index (κ2) is 7.97. The average molecular weight is 314 g/mol. The molecular formula is C16H24F2N2O2. The molecule has 1 saturated heterocycles. The monoisotopic (exact) mass is 314 g/mol. The minimum Gasteiger partial charge on any atom is -0.390 e. The molecule has 1 aromatic carbocycles. The van der Waals surface area contributed by atoms with Crippen LogP contribution in [-0.4, -0.2) is 67.5 Å². The average Bonchev–Trinajstić information content (AvgIpc) is 2.47. The minimum atomic E-state index is -0.580. The Bertz CT molecular complexity index is 481. The Labute approximate surface area is 130 Å². The van der Waals surface area contributed by atoms with Crippen LogP contribution in [-0.2, 0) is 4.74 Å². The van der Waals surface area contributed by atoms with E-state index in [0.717, 1.165) is 19.2 Å². The molecule has 0 radical (unpaired) electrons. The van der Waals surface area contributed by atoms with E-state index >= 15 is 0 Å². The number of aliphatic hydroxyl groups excluding tert-OH is 1. The Kier molecular flexibility index (Phi) is 6.26. The molecule has 2 atom stereocenters. The second-order valence-corrected chi connectivity index (χ2v) is 5.85. The van der Waals surface area contributed by atoms with Crippen molar-refractivity contribution >= 4 is 0 Å². The molecule has 0 saturated carbocycles. The maximum atomic E-state index is 13.8. The number of morpholine rings is 1. The molecule has 0 amide bonds. The van der Waals surface area contributed by atoms with Gasteiger partial charge in [0.05, 0.1) is 19.3 Å². The van der Waals surface area contributed by atoms with Crippen molar-refractivity contribution in [2.75, 3.05) is 46.4 Å². The van der Waals surface area contributed by atoms with Crippen molar-refractivity contribution in [3.63, 3.8) is 0 Å². The van der Waals surface area contributed by atoms with Crippen LogP contribution in [0.3, 0.4) is 0 Å². The summed E-state index contributed by atoms with van der Waals surface area (Å²) in [5.41, 5.74) is 0.433. The van der Waals surface area contributed by atoms with E-state index in [-0.39, 0.29) is 6.04 Å². The maximum absolute atomic E-state index is 13.8. The summed E-state index contributed by atoms with van der Waals surface area (Å²) < 4.78 is 32.1. The quantitative estimate of drug-likeness (QED) is 0.866. The Morgan fingerprint density at radius 2 is 2.00 bits per heavy atom. The number of hydrogen-bond donors (Lipinski definition) is 1. The standard InChI is InChI=1S/C16H24F2N2O2/c1-12(15-4-3-13(17)9-16(15)18)19(2)10-14(21)11-20-5-7-22-8-6-20/h3-4,9,12,14,21H,5-8,10-11H2,1-2H3. The summed E-state index contributed by atoms with van der Waals surface area (Å²) in [5.74, 6) is -1.13. The van der Waals surface area contributed by atoms with Gasteiger partial charge in [0.25, 0.3) is 0 Å². The largest absolute Gasteiger partial charge is 0.390 e. The Morgan fingerprint density at radius 3 is 2.64 bits per heavy atom. The zero-order valence-electron chi connectivity index (χ0n) is 13.1. The number of hydrogen-bond acceptors (Lipinski definition) is 4. The molecule has 22 heavy (non-hydrogen) atoms. The van der Waals surface area contributed by atoms with Crippen molar-refractivity contribution in [1.29, 1.82) is 0 Å². The van der Waals surface area contributed by atoms with Gasteiger partial charge in [0.2, 0.25) is 0 Å². The molecule has 2 rings (SSSR count). The Morgan fingerprint density at radius 1 is 1.32 bits per heavy atom. The molecule has 1 aromatic rings. The number of ether oxygens (including phenoxy) is 1. The summed E-state index contributed by atoms with van der Waals surface area (Å²) in [7, 11) is 1.83. The summed E-state index contributed by atoms with van der Waals surface area (Å²) in [6, 6.07) is 3.37. The summed E-state index contributed by atoms with van der Waals surface area (Å²) in [4.78, 5) is 4.03. The van der Waals surface area contributed by atoms with Gasteiger partial charge in [-0.2, -0.15) is 0 Å². The van der Waals surface area contributed by atoms with Crippen molar-refractivity contribution in [3.05, 3.63) is 35.4 Å². The fraction of sp³-hybridized carbons (Fsp3) is 0.625. The Hall–Kier alpha value is -1.08. The molecule has 6 heteroatoms. The molecule has 1 aliphatic rings. The normalized spacial score (nSPS) is 19.4. The van der Waals surface area contributed by atoms with Gasteiger partial charge < -0.3 is 9.84 Å². The molecule has 0 spiro atoms. The third kappa shape index (κ3) is 4.71. The molecule has 0 aromatic heterocycles. The van der Waals surface area contributed by atoms with Gasteiger partial charge in [-0.3, -0.25) is 9.80 Å². The lowest BCUT2D eigenvalue weighted by molar-refractivity contribution is 0.00615. The molecular weight excluding hydrogens is 290 g/mol. The zero-order valence-corrected chi connectivity index (χ0v) is 13.1. The predicted molar refractivity (Wildman–Crippen MR) is 80.7 cm³/mol. The SMILES string of the molecule is CC(c1ccc(F)cc1F)N(C)CC(O)CN1CCOCC1. The Balaban J connectivity index is 1.88. The van der Waals surface area contributed by atoms with E-state index in [2.05, 4.69) is 4.90 Å². The van der Waals surface area contributed by atoms with Crippen LogP contribution in [0.15, 0.2) is 18.2 Å². The molecule has 1 heterocycles. The molecule has 0 bridgehead atoms. The molecule has 1 aliphatic heterocycles. The van der Waals surface area contributed by atoms with Gasteiger partial charge in [-0.15, -0.1) is 0 Å². The van der Waals surface area contributed by atoms with Gasteiger partial charge in [-0.05, 0) is 20.0 Å². The number of nitrogens with zero attached hydrogens (tertiary/aromatic N) is 2. The van der Waals surface area contributed by atoms with Crippen LogP contribution >= 0.6 is 0 Å². The van der Waals surface area contributed by atoms with E-state index in [0.29, 0.717) is 31.9 Å². The lowest BCUT2D eigenvalue weighted by Crippen LogP contribution is -2.44. The van der Waals surface area contributed by atoms with Crippen LogP contribution in [0.2, 0.25) is 0 Å². The smallest absolute Gasteiger partial charge is 0.130 e. The molecule has 0 aliphatic carbocycles. The molecule has 1 N–H and O–H groups in total. The van der Waals surface area contributed by atoms with Gasteiger partial charge in [0.1, 0.15) is 11.6 Å². The first-order valence-electron chi connectivity index (χ1n) is 7.60. The lowest BCUT2D eigenvalue weighted by Gasteiger charge is -2.32. The van der Waals surface area contributed by atoms with E-state index in [4.69, 9.17) is 4.74 Å². The van der Waals surface area contributed by atoms with E-state index in [1.807, 2.05) is 18.9 Å². The third-order valence-electron chi connectivity index (χ3n) is 4.15. The van der Waals surface area contributed by atoms with E-state index in [1.54, 1.807) is 0 Å². The fourth-order valence-electron chi connectivity index (χ4n) is 2.71. The summed E-state index contributed by atoms with van der Waals surface area (Å²) >= 11 is 0. The highest BCUT2D eigenvalue weighted by Gasteiger charge is 2.21. The first-order chi connectivity index (χ1) is 10.5. The number of halogens is 2.